The smallest absolute Gasteiger partial charge is 0.325 e. The Kier molecular flexibility index (Phi) is 6.43. The van der Waals surface area contributed by atoms with Crippen LogP contribution in [0.15, 0.2) is 18.2 Å². The number of urea groups is 1. The van der Waals surface area contributed by atoms with E-state index >= 15 is 0 Å². The summed E-state index contributed by atoms with van der Waals surface area (Å²) in [6.07, 6.45) is 5.01. The highest BCUT2D eigenvalue weighted by atomic mass is 16.2. The molecule has 5 amide bonds. The number of benzene rings is 1. The first-order chi connectivity index (χ1) is 14.2. The van der Waals surface area contributed by atoms with Gasteiger partial charge in [-0.3, -0.25) is 19.3 Å². The molecule has 0 aromatic heterocycles. The van der Waals surface area contributed by atoms with Crippen molar-refractivity contribution >= 4 is 29.4 Å². The van der Waals surface area contributed by atoms with Crippen molar-refractivity contribution in [2.45, 2.75) is 58.4 Å². The highest BCUT2D eigenvalue weighted by Crippen LogP contribution is 2.36. The second-order valence-electron chi connectivity index (χ2n) is 8.45. The number of hydrogen-bond donors (Lipinski definition) is 3. The fourth-order valence-corrected chi connectivity index (χ4v) is 4.39. The van der Waals surface area contributed by atoms with Crippen molar-refractivity contribution in [3.63, 3.8) is 0 Å². The van der Waals surface area contributed by atoms with Gasteiger partial charge < -0.3 is 16.0 Å². The number of nitrogens with one attached hydrogen (secondary N) is 3. The van der Waals surface area contributed by atoms with Gasteiger partial charge in [0.05, 0.1) is 6.54 Å². The highest BCUT2D eigenvalue weighted by molar-refractivity contribution is 6.09. The normalized spacial score (nSPS) is 22.0. The monoisotopic (exact) mass is 414 g/mol. The summed E-state index contributed by atoms with van der Waals surface area (Å²) in [6, 6.07) is 5.13. The van der Waals surface area contributed by atoms with Gasteiger partial charge in [-0.15, -0.1) is 0 Å². The number of carbonyl (C=O) groups excluding carboxylic acids is 4. The van der Waals surface area contributed by atoms with E-state index in [0.717, 1.165) is 48.1 Å². The van der Waals surface area contributed by atoms with Crippen LogP contribution in [0, 0.1) is 19.8 Å². The van der Waals surface area contributed by atoms with Crippen molar-refractivity contribution in [3.05, 3.63) is 29.3 Å². The van der Waals surface area contributed by atoms with Gasteiger partial charge >= 0.3 is 6.03 Å². The fourth-order valence-electron chi connectivity index (χ4n) is 4.39. The summed E-state index contributed by atoms with van der Waals surface area (Å²) in [6.45, 7) is 4.89. The van der Waals surface area contributed by atoms with E-state index in [4.69, 9.17) is 0 Å². The van der Waals surface area contributed by atoms with Crippen LogP contribution in [0.1, 0.15) is 50.2 Å². The van der Waals surface area contributed by atoms with Crippen molar-refractivity contribution in [1.29, 1.82) is 0 Å². The Balaban J connectivity index is 1.53. The number of amides is 5. The van der Waals surface area contributed by atoms with Gasteiger partial charge in [-0.05, 0) is 50.7 Å². The molecule has 1 aromatic carbocycles. The summed E-state index contributed by atoms with van der Waals surface area (Å²) in [7, 11) is 0. The van der Waals surface area contributed by atoms with Crippen molar-refractivity contribution < 1.29 is 19.2 Å². The van der Waals surface area contributed by atoms with Crippen LogP contribution in [-0.2, 0) is 14.4 Å². The summed E-state index contributed by atoms with van der Waals surface area (Å²) in [5.74, 6) is -1.21. The van der Waals surface area contributed by atoms with Crippen LogP contribution in [0.4, 0.5) is 10.5 Å². The van der Waals surface area contributed by atoms with E-state index in [1.54, 1.807) is 6.92 Å². The summed E-state index contributed by atoms with van der Waals surface area (Å²) in [5, 5.41) is 8.07. The molecule has 1 heterocycles. The molecule has 1 saturated heterocycles. The minimum absolute atomic E-state index is 0.0823. The van der Waals surface area contributed by atoms with Gasteiger partial charge in [0.2, 0.25) is 11.8 Å². The third kappa shape index (κ3) is 4.47. The maximum atomic E-state index is 12.9. The third-order valence-corrected chi connectivity index (χ3v) is 6.22. The summed E-state index contributed by atoms with van der Waals surface area (Å²) < 4.78 is 0. The minimum Gasteiger partial charge on any atom is -0.345 e. The summed E-state index contributed by atoms with van der Waals surface area (Å²) >= 11 is 0. The van der Waals surface area contributed by atoms with Crippen LogP contribution >= 0.6 is 0 Å². The molecule has 2 fully saturated rings. The number of hydrogen-bond acceptors (Lipinski definition) is 4. The van der Waals surface area contributed by atoms with Gasteiger partial charge in [-0.25, -0.2) is 4.79 Å². The van der Waals surface area contributed by atoms with Crippen LogP contribution in [0.2, 0.25) is 0 Å². The molecule has 0 spiro atoms. The van der Waals surface area contributed by atoms with Gasteiger partial charge in [0.1, 0.15) is 12.1 Å². The standard InChI is InChI=1S/C22H30N4O4/c1-14-8-7-9-15(2)19(14)24-17(27)12-23-18(28)13-26-20(29)22(3,25-21(26)30)16-10-5-4-6-11-16/h7-9,16H,4-6,10-13H2,1-3H3,(H,23,28)(H,24,27)(H,25,30)/t22-/m1/s1. The topological polar surface area (TPSA) is 108 Å². The molecule has 0 unspecified atom stereocenters. The number of imide groups is 1. The van der Waals surface area contributed by atoms with Gasteiger partial charge in [0.25, 0.3) is 5.91 Å². The van der Waals surface area contributed by atoms with Crippen LogP contribution in [-0.4, -0.2) is 47.3 Å². The maximum Gasteiger partial charge on any atom is 0.325 e. The van der Waals surface area contributed by atoms with Crippen molar-refractivity contribution in [2.24, 2.45) is 5.92 Å². The van der Waals surface area contributed by atoms with Crippen LogP contribution in [0.25, 0.3) is 0 Å². The van der Waals surface area contributed by atoms with E-state index in [1.165, 1.54) is 0 Å². The molecule has 8 nitrogen and oxygen atoms in total. The lowest BCUT2D eigenvalue weighted by molar-refractivity contribution is -0.136. The summed E-state index contributed by atoms with van der Waals surface area (Å²) in [4.78, 5) is 50.7. The quantitative estimate of drug-likeness (QED) is 0.621. The first kappa shape index (κ1) is 21.8. The van der Waals surface area contributed by atoms with E-state index in [0.29, 0.717) is 5.69 Å². The van der Waals surface area contributed by atoms with Crippen LogP contribution in [0.5, 0.6) is 0 Å². The van der Waals surface area contributed by atoms with E-state index in [2.05, 4.69) is 16.0 Å². The number of carbonyl (C=O) groups is 4. The van der Waals surface area contributed by atoms with Crippen molar-refractivity contribution in [3.8, 4) is 0 Å². The third-order valence-electron chi connectivity index (χ3n) is 6.22. The Morgan fingerprint density at radius 3 is 2.37 bits per heavy atom. The molecule has 162 valence electrons. The largest absolute Gasteiger partial charge is 0.345 e. The Bertz CT molecular complexity index is 842. The van der Waals surface area contributed by atoms with Crippen LogP contribution in [0.3, 0.4) is 0 Å². The average molecular weight is 415 g/mol. The fraction of sp³-hybridized carbons (Fsp3) is 0.545. The molecular formula is C22H30N4O4. The Hall–Kier alpha value is -2.90. The second kappa shape index (κ2) is 8.85. The molecule has 1 aromatic rings. The first-order valence-corrected chi connectivity index (χ1v) is 10.5. The Labute approximate surface area is 176 Å². The van der Waals surface area contributed by atoms with Gasteiger partial charge in [0, 0.05) is 5.69 Å². The van der Waals surface area contributed by atoms with E-state index in [1.807, 2.05) is 32.0 Å². The number of nitrogens with zero attached hydrogens (tertiary/aromatic N) is 1. The number of anilines is 1. The summed E-state index contributed by atoms with van der Waals surface area (Å²) in [5.41, 5.74) is 1.61. The molecular weight excluding hydrogens is 384 g/mol. The van der Waals surface area contributed by atoms with Crippen molar-refractivity contribution in [2.75, 3.05) is 18.4 Å². The lowest BCUT2D eigenvalue weighted by atomic mass is 9.75. The molecule has 1 aliphatic heterocycles. The molecule has 0 radical (unpaired) electrons. The van der Waals surface area contributed by atoms with E-state index in [9.17, 15) is 19.2 Å². The van der Waals surface area contributed by atoms with Crippen molar-refractivity contribution in [1.82, 2.24) is 15.5 Å². The SMILES string of the molecule is Cc1cccc(C)c1NC(=O)CNC(=O)CN1C(=O)N[C@](C)(C2CCCCC2)C1=O. The second-order valence-corrected chi connectivity index (χ2v) is 8.45. The van der Waals surface area contributed by atoms with Gasteiger partial charge in [0.15, 0.2) is 0 Å². The molecule has 0 bridgehead atoms. The molecule has 1 saturated carbocycles. The number of aryl methyl sites for hydroxylation is 2. The highest BCUT2D eigenvalue weighted by Gasteiger charge is 2.52. The maximum absolute atomic E-state index is 12.9. The molecule has 3 rings (SSSR count). The molecule has 1 aliphatic carbocycles. The lowest BCUT2D eigenvalue weighted by Gasteiger charge is -2.34. The van der Waals surface area contributed by atoms with Crippen LogP contribution < -0.4 is 16.0 Å². The molecule has 30 heavy (non-hydrogen) atoms. The molecule has 8 heteroatoms. The first-order valence-electron chi connectivity index (χ1n) is 10.5. The predicted molar refractivity (Wildman–Crippen MR) is 113 cm³/mol. The zero-order valence-corrected chi connectivity index (χ0v) is 17.8. The molecule has 3 N–H and O–H groups in total. The molecule has 2 aliphatic rings. The zero-order chi connectivity index (χ0) is 21.9. The number of para-hydroxylation sites is 1. The lowest BCUT2D eigenvalue weighted by Crippen LogP contribution is -2.51. The van der Waals surface area contributed by atoms with E-state index < -0.39 is 24.0 Å². The van der Waals surface area contributed by atoms with E-state index in [-0.39, 0.29) is 24.3 Å². The molecule has 1 atom stereocenters. The van der Waals surface area contributed by atoms with Gasteiger partial charge in [-0.2, -0.15) is 0 Å². The average Bonchev–Trinajstić information content (AvgIpc) is 2.94. The Morgan fingerprint density at radius 2 is 1.73 bits per heavy atom. The minimum atomic E-state index is -0.961. The predicted octanol–water partition coefficient (Wildman–Crippen LogP) is 2.25. The Morgan fingerprint density at radius 1 is 1.10 bits per heavy atom. The zero-order valence-electron chi connectivity index (χ0n) is 17.8. The number of rotatable bonds is 6. The van der Waals surface area contributed by atoms with Gasteiger partial charge in [-0.1, -0.05) is 37.5 Å².